The average Bonchev–Trinajstić information content (AvgIpc) is 2.61. The fourth-order valence-corrected chi connectivity index (χ4v) is 2.26. The lowest BCUT2D eigenvalue weighted by Gasteiger charge is -2.24. The number of ether oxygens (including phenoxy) is 1. The van der Waals surface area contributed by atoms with E-state index in [9.17, 15) is 9.90 Å². The largest absolute Gasteiger partial charge is 0.380 e. The van der Waals surface area contributed by atoms with E-state index in [1.165, 1.54) is 12.0 Å². The molecule has 0 saturated heterocycles. The number of likely N-dealkylation sites (N-methyl/N-ethyl adjacent to an activating group) is 1. The fraction of sp³-hybridized carbons (Fsp3) is 0.211. The molecule has 2 rings (SSSR count). The first kappa shape index (κ1) is 16.9. The van der Waals surface area contributed by atoms with Gasteiger partial charge in [0.2, 0.25) is 0 Å². The van der Waals surface area contributed by atoms with Gasteiger partial charge in [-0.2, -0.15) is 0 Å². The smallest absolute Gasteiger partial charge is 0.258 e. The van der Waals surface area contributed by atoms with Gasteiger partial charge < -0.3 is 14.7 Å². The molecule has 4 nitrogen and oxygen atoms in total. The van der Waals surface area contributed by atoms with Crippen molar-refractivity contribution in [1.29, 1.82) is 0 Å². The third-order valence-corrected chi connectivity index (χ3v) is 3.56. The summed E-state index contributed by atoms with van der Waals surface area (Å²) < 4.78 is 5.31. The summed E-state index contributed by atoms with van der Waals surface area (Å²) in [5.74, 6) is -0.423. The number of amides is 1. The van der Waals surface area contributed by atoms with Gasteiger partial charge in [0.1, 0.15) is 6.10 Å². The van der Waals surface area contributed by atoms with Crippen molar-refractivity contribution in [3.05, 3.63) is 78.0 Å². The molecule has 0 saturated carbocycles. The molecule has 2 aromatic carbocycles. The van der Waals surface area contributed by atoms with Crippen LogP contribution in [0.2, 0.25) is 0 Å². The number of rotatable bonds is 6. The summed E-state index contributed by atoms with van der Waals surface area (Å²) in [6, 6.07) is 18.9. The van der Waals surface area contributed by atoms with Gasteiger partial charge >= 0.3 is 0 Å². The molecule has 2 aromatic rings. The van der Waals surface area contributed by atoms with E-state index in [-0.39, 0.29) is 0 Å². The van der Waals surface area contributed by atoms with Crippen LogP contribution in [0.1, 0.15) is 17.2 Å². The van der Waals surface area contributed by atoms with Crippen LogP contribution in [0.25, 0.3) is 6.08 Å². The lowest BCUT2D eigenvalue weighted by molar-refractivity contribution is -0.144. The van der Waals surface area contributed by atoms with E-state index in [1.807, 2.05) is 66.7 Å². The maximum atomic E-state index is 12.4. The first-order valence-electron chi connectivity index (χ1n) is 7.39. The van der Waals surface area contributed by atoms with Crippen LogP contribution in [0.5, 0.6) is 0 Å². The Bertz CT molecular complexity index is 640. The van der Waals surface area contributed by atoms with Crippen LogP contribution in [0, 0.1) is 0 Å². The summed E-state index contributed by atoms with van der Waals surface area (Å²) in [5, 5.41) is 10.3. The minimum atomic E-state index is -1.27. The predicted molar refractivity (Wildman–Crippen MR) is 90.4 cm³/mol. The minimum Gasteiger partial charge on any atom is -0.380 e. The quantitative estimate of drug-likeness (QED) is 0.892. The normalized spacial score (nSPS) is 13.7. The van der Waals surface area contributed by atoms with Crippen molar-refractivity contribution < 1.29 is 14.6 Å². The first-order valence-corrected chi connectivity index (χ1v) is 7.39. The van der Waals surface area contributed by atoms with Crippen molar-refractivity contribution in [3.8, 4) is 0 Å². The van der Waals surface area contributed by atoms with Crippen molar-refractivity contribution in [3.63, 3.8) is 0 Å². The Balaban J connectivity index is 2.07. The predicted octanol–water partition coefficient (Wildman–Crippen LogP) is 2.86. The van der Waals surface area contributed by atoms with E-state index in [4.69, 9.17) is 4.74 Å². The Hall–Kier alpha value is -2.43. The Morgan fingerprint density at radius 1 is 1.09 bits per heavy atom. The second-order valence-electron chi connectivity index (χ2n) is 5.19. The maximum absolute atomic E-state index is 12.4. The molecule has 23 heavy (non-hydrogen) atoms. The highest BCUT2D eigenvalue weighted by atomic mass is 16.5. The zero-order chi connectivity index (χ0) is 16.7. The highest BCUT2D eigenvalue weighted by molar-refractivity contribution is 5.82. The van der Waals surface area contributed by atoms with E-state index in [1.54, 1.807) is 13.2 Å². The third kappa shape index (κ3) is 4.52. The number of benzene rings is 2. The molecule has 0 aromatic heterocycles. The molecule has 0 aliphatic rings. The van der Waals surface area contributed by atoms with E-state index in [0.717, 1.165) is 11.1 Å². The highest BCUT2D eigenvalue weighted by Gasteiger charge is 2.29. The van der Waals surface area contributed by atoms with Gasteiger partial charge in [0, 0.05) is 20.4 Å². The van der Waals surface area contributed by atoms with Crippen molar-refractivity contribution in [2.75, 3.05) is 14.2 Å². The molecule has 0 bridgehead atoms. The molecule has 120 valence electrons. The Kier molecular flexibility index (Phi) is 6.09. The number of methoxy groups -OCH3 is 1. The van der Waals surface area contributed by atoms with Crippen LogP contribution < -0.4 is 0 Å². The van der Waals surface area contributed by atoms with Gasteiger partial charge in [-0.1, -0.05) is 60.7 Å². The van der Waals surface area contributed by atoms with Gasteiger partial charge in [0.25, 0.3) is 5.91 Å². The lowest BCUT2D eigenvalue weighted by atomic mass is 10.0. The van der Waals surface area contributed by atoms with Crippen molar-refractivity contribution >= 4 is 12.0 Å². The Morgan fingerprint density at radius 2 is 1.65 bits per heavy atom. The van der Waals surface area contributed by atoms with Crippen LogP contribution in [-0.2, 0) is 9.53 Å². The molecule has 0 spiro atoms. The summed E-state index contributed by atoms with van der Waals surface area (Å²) in [7, 11) is 3.09. The second-order valence-corrected chi connectivity index (χ2v) is 5.19. The zero-order valence-electron chi connectivity index (χ0n) is 13.3. The van der Waals surface area contributed by atoms with Gasteiger partial charge in [-0.25, -0.2) is 0 Å². The van der Waals surface area contributed by atoms with E-state index < -0.39 is 18.1 Å². The van der Waals surface area contributed by atoms with E-state index >= 15 is 0 Å². The number of hydrogen-bond acceptors (Lipinski definition) is 3. The van der Waals surface area contributed by atoms with Crippen LogP contribution in [-0.4, -0.2) is 36.2 Å². The van der Waals surface area contributed by atoms with Crippen LogP contribution in [0.4, 0.5) is 0 Å². The monoisotopic (exact) mass is 311 g/mol. The van der Waals surface area contributed by atoms with Gasteiger partial charge in [-0.05, 0) is 17.2 Å². The topological polar surface area (TPSA) is 49.8 Å². The number of aliphatic hydroxyl groups excluding tert-OH is 1. The van der Waals surface area contributed by atoms with E-state index in [0.29, 0.717) is 0 Å². The van der Waals surface area contributed by atoms with Crippen LogP contribution in [0.15, 0.2) is 66.9 Å². The Labute approximate surface area is 136 Å². The van der Waals surface area contributed by atoms with Gasteiger partial charge in [-0.15, -0.1) is 0 Å². The second kappa shape index (κ2) is 8.27. The van der Waals surface area contributed by atoms with E-state index in [2.05, 4.69) is 0 Å². The number of hydrogen-bond donors (Lipinski definition) is 1. The summed E-state index contributed by atoms with van der Waals surface area (Å²) in [5.41, 5.74) is 1.74. The molecular formula is C19H21NO3. The summed E-state index contributed by atoms with van der Waals surface area (Å²) >= 11 is 0. The lowest BCUT2D eigenvalue weighted by Crippen LogP contribution is -2.37. The average molecular weight is 311 g/mol. The van der Waals surface area contributed by atoms with Gasteiger partial charge in [0.15, 0.2) is 6.10 Å². The Morgan fingerprint density at radius 3 is 2.22 bits per heavy atom. The fourth-order valence-electron chi connectivity index (χ4n) is 2.26. The van der Waals surface area contributed by atoms with Crippen molar-refractivity contribution in [2.45, 2.75) is 12.2 Å². The minimum absolute atomic E-state index is 0.423. The number of aliphatic hydroxyl groups is 1. The van der Waals surface area contributed by atoms with Crippen molar-refractivity contribution in [1.82, 2.24) is 4.90 Å². The highest BCUT2D eigenvalue weighted by Crippen LogP contribution is 2.21. The molecule has 2 atom stereocenters. The molecule has 0 heterocycles. The molecule has 0 aliphatic carbocycles. The van der Waals surface area contributed by atoms with Crippen LogP contribution >= 0.6 is 0 Å². The molecule has 0 unspecified atom stereocenters. The van der Waals surface area contributed by atoms with Gasteiger partial charge in [-0.3, -0.25) is 4.79 Å². The van der Waals surface area contributed by atoms with Gasteiger partial charge in [0.05, 0.1) is 0 Å². The molecule has 0 fully saturated rings. The number of carbonyl (C=O) groups is 1. The maximum Gasteiger partial charge on any atom is 0.258 e. The molecule has 4 heteroatoms. The molecule has 0 aliphatic heterocycles. The summed E-state index contributed by atoms with van der Waals surface area (Å²) in [6.07, 6.45) is 1.48. The standard InChI is InChI=1S/C19H21NO3/c1-20(14-13-15-9-5-3-6-10-15)19(22)17(21)18(23-2)16-11-7-4-8-12-16/h3-14,17-18,21H,1-2H3/b14-13-/t17-,18-/m1/s1. The van der Waals surface area contributed by atoms with Crippen molar-refractivity contribution in [2.24, 2.45) is 0 Å². The zero-order valence-corrected chi connectivity index (χ0v) is 13.3. The molecule has 0 radical (unpaired) electrons. The first-order chi connectivity index (χ1) is 11.1. The third-order valence-electron chi connectivity index (χ3n) is 3.56. The molecular weight excluding hydrogens is 290 g/mol. The number of carbonyl (C=O) groups excluding carboxylic acids is 1. The summed E-state index contributed by atoms with van der Waals surface area (Å²) in [6.45, 7) is 0. The summed E-state index contributed by atoms with van der Waals surface area (Å²) in [4.78, 5) is 13.8. The SMILES string of the molecule is CO[C@H](c1ccccc1)[C@@H](O)C(=O)N(C)/C=C\c1ccccc1. The number of nitrogens with zero attached hydrogens (tertiary/aromatic N) is 1. The molecule has 1 N–H and O–H groups in total. The molecule has 1 amide bonds. The van der Waals surface area contributed by atoms with Crippen LogP contribution in [0.3, 0.4) is 0 Å².